The highest BCUT2D eigenvalue weighted by atomic mass is 31.2. The van der Waals surface area contributed by atoms with Crippen molar-refractivity contribution in [3.63, 3.8) is 0 Å². The normalized spacial score (nSPS) is 11.8. The molecule has 9 aromatic carbocycles. The average Bonchev–Trinajstić information content (AvgIpc) is 3.62. The van der Waals surface area contributed by atoms with Crippen LogP contribution in [0, 0.1) is 0 Å². The highest BCUT2D eigenvalue weighted by molar-refractivity contribution is 7.95. The molecule has 0 aliphatic carbocycles. The van der Waals surface area contributed by atoms with Crippen molar-refractivity contribution >= 4 is 67.9 Å². The van der Waals surface area contributed by atoms with E-state index in [-0.39, 0.29) is 0 Å². The number of hydrogen-bond donors (Lipinski definition) is 0. The maximum atomic E-state index is 6.48. The van der Waals surface area contributed by atoms with Crippen LogP contribution in [0.1, 0.15) is 28.9 Å². The fourth-order valence-electron chi connectivity index (χ4n) is 9.08. The van der Waals surface area contributed by atoms with Gasteiger partial charge in [-0.3, -0.25) is 0 Å². The van der Waals surface area contributed by atoms with Gasteiger partial charge in [0.1, 0.15) is 42.0 Å². The van der Waals surface area contributed by atoms with E-state index >= 15 is 0 Å². The predicted octanol–water partition coefficient (Wildman–Crippen LogP) is 12.3. The van der Waals surface area contributed by atoms with E-state index in [1.165, 1.54) is 59.6 Å². The Morgan fingerprint density at radius 3 is 1.60 bits per heavy atom. The summed E-state index contributed by atoms with van der Waals surface area (Å²) in [6, 6.07) is 81.6. The van der Waals surface area contributed by atoms with Crippen LogP contribution in [-0.4, -0.2) is 17.3 Å². The summed E-state index contributed by atoms with van der Waals surface area (Å²) in [5, 5.41) is 9.25. The zero-order chi connectivity index (χ0) is 41.6. The second-order valence-corrected chi connectivity index (χ2v) is 19.6. The molecule has 10 rings (SSSR count). The van der Waals surface area contributed by atoms with Crippen molar-refractivity contribution in [1.29, 1.82) is 0 Å². The lowest BCUT2D eigenvalue weighted by Gasteiger charge is -2.27. The van der Waals surface area contributed by atoms with E-state index in [2.05, 4.69) is 246 Å². The first-order chi connectivity index (χ1) is 30.7. The maximum Gasteiger partial charge on any atom is 0.283 e. The Hall–Kier alpha value is -7.06. The molecule has 0 aliphatic rings. The van der Waals surface area contributed by atoms with Gasteiger partial charge in [0.15, 0.2) is 11.0 Å². The number of imidazole rings is 1. The molecule has 0 radical (unpaired) electrons. The summed E-state index contributed by atoms with van der Waals surface area (Å²) in [6.07, 6.45) is 6.49. The summed E-state index contributed by atoms with van der Waals surface area (Å²) in [7, 11) is -1.90. The molecular weight excluding hydrogens is 772 g/mol. The van der Waals surface area contributed by atoms with Gasteiger partial charge in [0.25, 0.3) is 5.82 Å². The van der Waals surface area contributed by atoms with Gasteiger partial charge in [-0.25, -0.2) is 9.13 Å². The van der Waals surface area contributed by atoms with Crippen molar-refractivity contribution in [2.75, 3.05) is 12.8 Å². The van der Waals surface area contributed by atoms with Crippen molar-refractivity contribution < 1.29 is 9.30 Å². The minimum absolute atomic E-state index is 0.646. The zero-order valence-corrected chi connectivity index (χ0v) is 35.7. The first-order valence-corrected chi connectivity index (χ1v) is 23.6. The van der Waals surface area contributed by atoms with Gasteiger partial charge >= 0.3 is 0 Å². The summed E-state index contributed by atoms with van der Waals surface area (Å²) in [5.74, 6) is 2.04. The quantitative estimate of drug-likeness (QED) is 0.0607. The van der Waals surface area contributed by atoms with Gasteiger partial charge in [-0.05, 0) is 117 Å². The van der Waals surface area contributed by atoms with E-state index in [0.29, 0.717) is 6.61 Å². The number of rotatable bonds is 14. The van der Waals surface area contributed by atoms with E-state index < -0.39 is 7.26 Å². The van der Waals surface area contributed by atoms with E-state index in [1.807, 2.05) is 0 Å². The maximum absolute atomic E-state index is 6.48. The number of ether oxygens (including phenoxy) is 1. The van der Waals surface area contributed by atoms with Gasteiger partial charge in [0, 0.05) is 12.5 Å². The number of benzene rings is 9. The lowest BCUT2D eigenvalue weighted by molar-refractivity contribution is -0.665. The van der Waals surface area contributed by atoms with E-state index in [9.17, 15) is 0 Å². The van der Waals surface area contributed by atoms with Crippen molar-refractivity contribution in [2.24, 2.45) is 0 Å². The van der Waals surface area contributed by atoms with Crippen molar-refractivity contribution in [1.82, 2.24) is 4.57 Å². The van der Waals surface area contributed by atoms with Crippen LogP contribution in [0.25, 0.3) is 44.7 Å². The Kier molecular flexibility index (Phi) is 11.3. The van der Waals surface area contributed by atoms with E-state index in [4.69, 9.17) is 4.74 Å². The molecule has 1 aromatic heterocycles. The number of para-hydroxylation sites is 2. The van der Waals surface area contributed by atoms with Crippen LogP contribution in [-0.2, 0) is 13.1 Å². The smallest absolute Gasteiger partial charge is 0.283 e. The Morgan fingerprint density at radius 2 is 0.984 bits per heavy atom. The molecule has 0 fully saturated rings. The van der Waals surface area contributed by atoms with Gasteiger partial charge in [-0.2, -0.15) is 0 Å². The van der Waals surface area contributed by atoms with Crippen LogP contribution >= 0.6 is 7.26 Å². The summed E-state index contributed by atoms with van der Waals surface area (Å²) in [6.45, 7) is 2.16. The Balaban J connectivity index is 0.925. The van der Waals surface area contributed by atoms with Gasteiger partial charge in [0.05, 0.1) is 12.8 Å². The molecule has 300 valence electrons. The first-order valence-electron chi connectivity index (χ1n) is 21.6. The molecule has 0 saturated carbocycles. The van der Waals surface area contributed by atoms with Gasteiger partial charge in [0.2, 0.25) is 0 Å². The standard InChI is InChI=1S/C58H49N2OP/c1-4-21-53(22-5-1)62(54-23-6-2-7-24-54,55-25-8-3-9-26-55)40-16-39-61-52-36-31-45(32-37-52)33-38-58-59(43-46-29-34-48-17-10-12-19-50(48)41-46)56-27-14-15-28-57(56)60(58)44-47-30-35-49-18-11-13-20-51(49)42-47/h1-15,17-38,41-42H,16,39-40,43-44H2/q+2/b38-33+. The lowest BCUT2D eigenvalue weighted by Crippen LogP contribution is -2.37. The van der Waals surface area contributed by atoms with E-state index in [0.717, 1.165) is 42.8 Å². The molecule has 4 heteroatoms. The summed E-state index contributed by atoms with van der Waals surface area (Å²) in [4.78, 5) is 0. The van der Waals surface area contributed by atoms with Gasteiger partial charge < -0.3 is 4.74 Å². The molecule has 3 nitrogen and oxygen atoms in total. The zero-order valence-electron chi connectivity index (χ0n) is 34.8. The Morgan fingerprint density at radius 1 is 0.468 bits per heavy atom. The number of aromatic nitrogens is 2. The monoisotopic (exact) mass is 820 g/mol. The summed E-state index contributed by atoms with van der Waals surface area (Å²) < 4.78 is 11.4. The fraction of sp³-hybridized carbons (Fsp3) is 0.0862. The predicted molar refractivity (Wildman–Crippen MR) is 264 cm³/mol. The van der Waals surface area contributed by atoms with Crippen molar-refractivity contribution in [3.05, 3.63) is 247 Å². The SMILES string of the molecule is C(=C\c1n(Cc2ccc3ccccc3c2)c2ccccc2[n+]1Cc1ccc2ccccc2c1)/c1ccc(OCCC[P+](c2ccccc2)(c2ccccc2)c2ccccc2)cc1. The van der Waals surface area contributed by atoms with Crippen molar-refractivity contribution in [2.45, 2.75) is 19.5 Å². The largest absolute Gasteiger partial charge is 0.493 e. The third kappa shape index (κ3) is 8.08. The molecular formula is C58H49N2OP+2. The lowest BCUT2D eigenvalue weighted by atomic mass is 10.1. The molecule has 0 atom stereocenters. The number of nitrogens with zero attached hydrogens (tertiary/aromatic N) is 2. The first kappa shape index (κ1) is 39.1. The number of fused-ring (bicyclic) bond motifs is 3. The molecule has 0 bridgehead atoms. The van der Waals surface area contributed by atoms with Crippen LogP contribution in [0.4, 0.5) is 0 Å². The molecule has 0 spiro atoms. The van der Waals surface area contributed by atoms with Crippen LogP contribution in [0.15, 0.2) is 224 Å². The van der Waals surface area contributed by atoms with Gasteiger partial charge in [-0.1, -0.05) is 152 Å². The van der Waals surface area contributed by atoms with Crippen LogP contribution < -0.4 is 25.2 Å². The molecule has 0 saturated heterocycles. The van der Waals surface area contributed by atoms with E-state index in [1.54, 1.807) is 0 Å². The second kappa shape index (κ2) is 17.9. The third-order valence-electron chi connectivity index (χ3n) is 12.1. The topological polar surface area (TPSA) is 18.0 Å². The molecule has 0 unspecified atom stereocenters. The minimum atomic E-state index is -1.90. The Bertz CT molecular complexity index is 2910. The molecule has 0 aliphatic heterocycles. The molecule has 62 heavy (non-hydrogen) atoms. The summed E-state index contributed by atoms with van der Waals surface area (Å²) in [5.41, 5.74) is 6.09. The van der Waals surface area contributed by atoms with Crippen LogP contribution in [0.2, 0.25) is 0 Å². The molecule has 10 aromatic rings. The van der Waals surface area contributed by atoms with Crippen LogP contribution in [0.3, 0.4) is 0 Å². The Labute approximate surface area is 365 Å². The molecule has 0 amide bonds. The number of hydrogen-bond acceptors (Lipinski definition) is 1. The van der Waals surface area contributed by atoms with Crippen LogP contribution in [0.5, 0.6) is 5.75 Å². The molecule has 0 N–H and O–H groups in total. The highest BCUT2D eigenvalue weighted by Gasteiger charge is 2.44. The third-order valence-corrected chi connectivity index (χ3v) is 16.7. The second-order valence-electron chi connectivity index (χ2n) is 16.0. The van der Waals surface area contributed by atoms with Crippen molar-refractivity contribution in [3.8, 4) is 5.75 Å². The average molecular weight is 821 g/mol. The van der Waals surface area contributed by atoms with Gasteiger partial charge in [-0.15, -0.1) is 0 Å². The highest BCUT2D eigenvalue weighted by Crippen LogP contribution is 2.55. The fourth-order valence-corrected chi connectivity index (χ4v) is 13.4. The summed E-state index contributed by atoms with van der Waals surface area (Å²) >= 11 is 0. The molecule has 1 heterocycles. The minimum Gasteiger partial charge on any atom is -0.493 e.